The number of aliphatic hydroxyl groups is 1. The van der Waals surface area contributed by atoms with Gasteiger partial charge in [-0.15, -0.1) is 0 Å². The Labute approximate surface area is 118 Å². The molecule has 2 aromatic carbocycles. The van der Waals surface area contributed by atoms with Crippen LogP contribution in [0.1, 0.15) is 17.2 Å². The molecule has 20 heavy (non-hydrogen) atoms. The maximum absolute atomic E-state index is 13.2. The van der Waals surface area contributed by atoms with Crippen molar-refractivity contribution in [3.8, 4) is 5.75 Å². The Morgan fingerprint density at radius 2 is 1.70 bits per heavy atom. The Hall–Kier alpha value is -1.72. The first-order valence-corrected chi connectivity index (χ1v) is 5.97. The number of ether oxygens (including phenoxy) is 1. The molecule has 1 atom stereocenters. The van der Waals surface area contributed by atoms with Gasteiger partial charge in [0.05, 0.1) is 7.11 Å². The van der Waals surface area contributed by atoms with Crippen molar-refractivity contribution in [3.05, 3.63) is 63.9 Å². The fraction of sp³-hybridized carbons (Fsp3) is 0.143. The topological polar surface area (TPSA) is 29.5 Å². The van der Waals surface area contributed by atoms with Crippen molar-refractivity contribution in [2.45, 2.75) is 6.10 Å². The highest BCUT2D eigenvalue weighted by molar-refractivity contribution is 6.30. The smallest absolute Gasteiger partial charge is 0.194 e. The van der Waals surface area contributed by atoms with Crippen LogP contribution in [0.4, 0.5) is 13.2 Å². The van der Waals surface area contributed by atoms with E-state index >= 15 is 0 Å². The zero-order valence-electron chi connectivity index (χ0n) is 10.3. The number of hydrogen-bond acceptors (Lipinski definition) is 2. The van der Waals surface area contributed by atoms with Crippen LogP contribution in [-0.2, 0) is 0 Å². The summed E-state index contributed by atoms with van der Waals surface area (Å²) in [5.41, 5.74) is 0.0902. The number of methoxy groups -OCH3 is 1. The molecule has 0 amide bonds. The second-order valence-electron chi connectivity index (χ2n) is 4.09. The molecule has 0 spiro atoms. The minimum Gasteiger partial charge on any atom is -0.496 e. The molecule has 0 aliphatic heterocycles. The Bertz CT molecular complexity index is 623. The molecule has 2 rings (SSSR count). The number of aliphatic hydroxyl groups excluding tert-OH is 1. The largest absolute Gasteiger partial charge is 0.496 e. The van der Waals surface area contributed by atoms with Crippen LogP contribution in [0.15, 0.2) is 30.3 Å². The lowest BCUT2D eigenvalue weighted by Crippen LogP contribution is -2.05. The molecule has 0 radical (unpaired) electrons. The van der Waals surface area contributed by atoms with Gasteiger partial charge in [0.25, 0.3) is 0 Å². The summed E-state index contributed by atoms with van der Waals surface area (Å²) in [6.07, 6.45) is -1.40. The molecule has 0 saturated heterocycles. The highest BCUT2D eigenvalue weighted by atomic mass is 35.5. The van der Waals surface area contributed by atoms with E-state index in [1.54, 1.807) is 6.07 Å². The maximum atomic E-state index is 13.2. The Balaban J connectivity index is 2.51. The summed E-state index contributed by atoms with van der Waals surface area (Å²) in [5.74, 6) is -4.04. The zero-order valence-corrected chi connectivity index (χ0v) is 11.1. The second kappa shape index (κ2) is 5.73. The summed E-state index contributed by atoms with van der Waals surface area (Å²) in [5, 5.41) is 10.5. The van der Waals surface area contributed by atoms with Crippen LogP contribution in [0.25, 0.3) is 0 Å². The number of rotatable bonds is 3. The van der Waals surface area contributed by atoms with Gasteiger partial charge in [-0.2, -0.15) is 0 Å². The Morgan fingerprint density at radius 3 is 2.25 bits per heavy atom. The molecule has 0 aliphatic rings. The summed E-state index contributed by atoms with van der Waals surface area (Å²) in [4.78, 5) is 0. The fourth-order valence-electron chi connectivity index (χ4n) is 1.83. The number of benzene rings is 2. The van der Waals surface area contributed by atoms with Crippen molar-refractivity contribution in [1.82, 2.24) is 0 Å². The van der Waals surface area contributed by atoms with Gasteiger partial charge in [0, 0.05) is 10.6 Å². The van der Waals surface area contributed by atoms with Crippen molar-refractivity contribution >= 4 is 11.6 Å². The van der Waals surface area contributed by atoms with Gasteiger partial charge in [-0.25, -0.2) is 13.2 Å². The average molecular weight is 303 g/mol. The first kappa shape index (κ1) is 14.7. The van der Waals surface area contributed by atoms with E-state index in [1.165, 1.54) is 19.2 Å². The quantitative estimate of drug-likeness (QED) is 0.873. The summed E-state index contributed by atoms with van der Waals surface area (Å²) in [7, 11) is 1.38. The van der Waals surface area contributed by atoms with Crippen LogP contribution in [0.5, 0.6) is 5.75 Å². The van der Waals surface area contributed by atoms with E-state index in [1.807, 2.05) is 0 Å². The highest BCUT2D eigenvalue weighted by Crippen LogP contribution is 2.33. The van der Waals surface area contributed by atoms with Crippen molar-refractivity contribution in [2.24, 2.45) is 0 Å². The number of hydrogen-bond donors (Lipinski definition) is 1. The van der Waals surface area contributed by atoms with E-state index < -0.39 is 23.6 Å². The first-order valence-electron chi connectivity index (χ1n) is 5.60. The molecule has 1 unspecified atom stereocenters. The predicted octanol–water partition coefficient (Wildman–Crippen LogP) is 3.85. The van der Waals surface area contributed by atoms with Crippen LogP contribution in [-0.4, -0.2) is 12.2 Å². The van der Waals surface area contributed by atoms with Gasteiger partial charge in [0.2, 0.25) is 0 Å². The van der Waals surface area contributed by atoms with Gasteiger partial charge in [-0.1, -0.05) is 11.6 Å². The lowest BCUT2D eigenvalue weighted by Gasteiger charge is -2.16. The maximum Gasteiger partial charge on any atom is 0.194 e. The minimum absolute atomic E-state index is 0.137. The van der Waals surface area contributed by atoms with Gasteiger partial charge in [0.15, 0.2) is 17.5 Å². The van der Waals surface area contributed by atoms with Crippen molar-refractivity contribution in [3.63, 3.8) is 0 Å². The lowest BCUT2D eigenvalue weighted by atomic mass is 10.00. The van der Waals surface area contributed by atoms with E-state index in [4.69, 9.17) is 16.3 Å². The molecule has 0 fully saturated rings. The van der Waals surface area contributed by atoms with Gasteiger partial charge in [-0.05, 0) is 35.9 Å². The Morgan fingerprint density at radius 1 is 1.10 bits per heavy atom. The van der Waals surface area contributed by atoms with Gasteiger partial charge < -0.3 is 9.84 Å². The molecule has 0 bridgehead atoms. The molecular formula is C14H10ClF3O2. The molecule has 2 nitrogen and oxygen atoms in total. The molecule has 0 saturated carbocycles. The molecule has 0 aromatic heterocycles. The van der Waals surface area contributed by atoms with Crippen LogP contribution < -0.4 is 4.74 Å². The fourth-order valence-corrected chi connectivity index (χ4v) is 2.01. The van der Waals surface area contributed by atoms with Crippen LogP contribution >= 0.6 is 11.6 Å². The molecule has 1 N–H and O–H groups in total. The SMILES string of the molecule is COc1ccc(Cl)cc1C(O)c1cc(F)c(F)c(F)c1. The summed E-state index contributed by atoms with van der Waals surface area (Å²) in [6, 6.07) is 5.91. The summed E-state index contributed by atoms with van der Waals surface area (Å²) < 4.78 is 44.3. The van der Waals surface area contributed by atoms with Crippen LogP contribution in [0.2, 0.25) is 5.02 Å². The van der Waals surface area contributed by atoms with E-state index in [9.17, 15) is 18.3 Å². The van der Waals surface area contributed by atoms with Crippen molar-refractivity contribution in [1.29, 1.82) is 0 Å². The lowest BCUT2D eigenvalue weighted by molar-refractivity contribution is 0.213. The van der Waals surface area contributed by atoms with Gasteiger partial charge >= 0.3 is 0 Å². The zero-order chi connectivity index (χ0) is 14.9. The molecule has 2 aromatic rings. The number of halogens is 4. The van der Waals surface area contributed by atoms with E-state index in [-0.39, 0.29) is 11.1 Å². The van der Waals surface area contributed by atoms with Crippen molar-refractivity contribution < 1.29 is 23.0 Å². The van der Waals surface area contributed by atoms with E-state index in [2.05, 4.69) is 0 Å². The minimum atomic E-state index is -1.58. The monoisotopic (exact) mass is 302 g/mol. The normalized spacial score (nSPS) is 12.3. The Kier molecular flexibility index (Phi) is 4.20. The molecular weight excluding hydrogens is 293 g/mol. The standard InChI is InChI=1S/C14H10ClF3O2/c1-20-12-3-2-8(15)6-9(12)14(19)7-4-10(16)13(18)11(17)5-7/h2-6,14,19H,1H3. The average Bonchev–Trinajstić information content (AvgIpc) is 2.43. The van der Waals surface area contributed by atoms with Gasteiger partial charge in [0.1, 0.15) is 11.9 Å². The third-order valence-corrected chi connectivity index (χ3v) is 3.04. The molecule has 0 aliphatic carbocycles. The summed E-state index contributed by atoms with van der Waals surface area (Å²) >= 11 is 5.82. The third kappa shape index (κ3) is 2.73. The molecule has 106 valence electrons. The van der Waals surface area contributed by atoms with Gasteiger partial charge in [-0.3, -0.25) is 0 Å². The molecule has 6 heteroatoms. The van der Waals surface area contributed by atoms with Crippen molar-refractivity contribution in [2.75, 3.05) is 7.11 Å². The van der Waals surface area contributed by atoms with E-state index in [0.29, 0.717) is 10.8 Å². The molecule has 0 heterocycles. The van der Waals surface area contributed by atoms with Crippen LogP contribution in [0, 0.1) is 17.5 Å². The van der Waals surface area contributed by atoms with E-state index in [0.717, 1.165) is 12.1 Å². The highest BCUT2D eigenvalue weighted by Gasteiger charge is 2.20. The first-order chi connectivity index (χ1) is 9.43. The third-order valence-electron chi connectivity index (χ3n) is 2.81. The summed E-state index contributed by atoms with van der Waals surface area (Å²) in [6.45, 7) is 0. The van der Waals surface area contributed by atoms with Crippen LogP contribution in [0.3, 0.4) is 0 Å². The second-order valence-corrected chi connectivity index (χ2v) is 4.52. The predicted molar refractivity (Wildman–Crippen MR) is 68.4 cm³/mol.